The van der Waals surface area contributed by atoms with Crippen LogP contribution in [-0.2, 0) is 32.0 Å². The molecular weight excluding hydrogens is 440 g/mol. The number of ether oxygens (including phenoxy) is 4. The van der Waals surface area contributed by atoms with Gasteiger partial charge in [0.2, 0.25) is 0 Å². The number of hydrogen-bond donors (Lipinski definition) is 0. The highest BCUT2D eigenvalue weighted by Gasteiger charge is 2.14. The van der Waals surface area contributed by atoms with Crippen molar-refractivity contribution in [1.82, 2.24) is 19.8 Å². The molecule has 10 nitrogen and oxygen atoms in total. The van der Waals surface area contributed by atoms with Gasteiger partial charge in [-0.15, -0.1) is 0 Å². The molecular formula is C24H32N4O6. The Hall–Kier alpha value is -2.92. The minimum atomic E-state index is -0.445. The van der Waals surface area contributed by atoms with Crippen LogP contribution in [0.2, 0.25) is 0 Å². The maximum absolute atomic E-state index is 11.7. The van der Waals surface area contributed by atoms with E-state index in [-0.39, 0.29) is 0 Å². The number of methoxy groups -OCH3 is 2. The third kappa shape index (κ3) is 8.14. The highest BCUT2D eigenvalue weighted by molar-refractivity contribution is 5.87. The topological polar surface area (TPSA) is 103 Å². The number of esters is 2. The summed E-state index contributed by atoms with van der Waals surface area (Å²) in [5.74, 6) is -0.891. The van der Waals surface area contributed by atoms with Crippen LogP contribution < -0.4 is 0 Å². The number of pyridine rings is 2. The van der Waals surface area contributed by atoms with E-state index in [0.717, 1.165) is 37.6 Å². The first-order chi connectivity index (χ1) is 16.6. The minimum absolute atomic E-state index is 0.300. The van der Waals surface area contributed by atoms with Crippen LogP contribution in [0.15, 0.2) is 36.4 Å². The van der Waals surface area contributed by atoms with Gasteiger partial charge in [-0.05, 0) is 24.3 Å². The lowest BCUT2D eigenvalue weighted by molar-refractivity contribution is 0.0336. The predicted molar refractivity (Wildman–Crippen MR) is 123 cm³/mol. The van der Waals surface area contributed by atoms with Crippen LogP contribution in [0.3, 0.4) is 0 Å². The Bertz CT molecular complexity index is 854. The quantitative estimate of drug-likeness (QED) is 0.573. The first-order valence-corrected chi connectivity index (χ1v) is 11.3. The van der Waals surface area contributed by atoms with Crippen molar-refractivity contribution < 1.29 is 28.5 Å². The van der Waals surface area contributed by atoms with Gasteiger partial charge in [0.05, 0.1) is 52.0 Å². The molecule has 0 bridgehead atoms. The molecule has 1 fully saturated rings. The zero-order valence-corrected chi connectivity index (χ0v) is 19.8. The number of carbonyl (C=O) groups is 2. The smallest absolute Gasteiger partial charge is 0.356 e. The molecule has 184 valence electrons. The molecule has 2 aromatic rings. The Morgan fingerprint density at radius 3 is 1.47 bits per heavy atom. The fourth-order valence-electron chi connectivity index (χ4n) is 3.55. The second-order valence-corrected chi connectivity index (χ2v) is 7.79. The summed E-state index contributed by atoms with van der Waals surface area (Å²) in [6.45, 7) is 6.33. The van der Waals surface area contributed by atoms with E-state index in [1.54, 1.807) is 12.1 Å². The van der Waals surface area contributed by atoms with Crippen LogP contribution in [0.25, 0.3) is 0 Å². The lowest BCUT2D eigenvalue weighted by Crippen LogP contribution is -2.35. The van der Waals surface area contributed by atoms with Crippen molar-refractivity contribution in [3.63, 3.8) is 0 Å². The van der Waals surface area contributed by atoms with Gasteiger partial charge in [0, 0.05) is 39.3 Å². The number of nitrogens with zero attached hydrogens (tertiary/aromatic N) is 4. The van der Waals surface area contributed by atoms with Gasteiger partial charge in [-0.2, -0.15) is 0 Å². The molecule has 3 rings (SSSR count). The molecule has 0 saturated carbocycles. The number of rotatable bonds is 6. The lowest BCUT2D eigenvalue weighted by Gasteiger charge is -2.26. The Morgan fingerprint density at radius 1 is 0.735 bits per heavy atom. The van der Waals surface area contributed by atoms with Crippen molar-refractivity contribution in [3.8, 4) is 0 Å². The van der Waals surface area contributed by atoms with Gasteiger partial charge in [0.25, 0.3) is 0 Å². The monoisotopic (exact) mass is 472 g/mol. The first-order valence-electron chi connectivity index (χ1n) is 11.3. The van der Waals surface area contributed by atoms with E-state index in [2.05, 4.69) is 19.8 Å². The molecule has 0 aliphatic carbocycles. The Morgan fingerprint density at radius 2 is 1.12 bits per heavy atom. The number of carbonyl (C=O) groups excluding carboxylic acids is 2. The summed E-state index contributed by atoms with van der Waals surface area (Å²) in [6, 6.07) is 10.7. The maximum Gasteiger partial charge on any atom is 0.356 e. The van der Waals surface area contributed by atoms with Gasteiger partial charge < -0.3 is 18.9 Å². The molecule has 2 aromatic heterocycles. The lowest BCUT2D eigenvalue weighted by atomic mass is 10.2. The van der Waals surface area contributed by atoms with Gasteiger partial charge in [-0.1, -0.05) is 12.1 Å². The number of hydrogen-bond acceptors (Lipinski definition) is 10. The molecule has 0 N–H and O–H groups in total. The van der Waals surface area contributed by atoms with Crippen molar-refractivity contribution in [2.24, 2.45) is 0 Å². The third-order valence-corrected chi connectivity index (χ3v) is 5.38. The summed E-state index contributed by atoms with van der Waals surface area (Å²) >= 11 is 0. The average molecular weight is 473 g/mol. The minimum Gasteiger partial charge on any atom is -0.464 e. The zero-order chi connectivity index (χ0) is 24.2. The first kappa shape index (κ1) is 25.7. The highest BCUT2D eigenvalue weighted by atomic mass is 16.5. The molecule has 0 radical (unpaired) electrons. The molecule has 1 aliphatic heterocycles. The normalized spacial score (nSPS) is 16.8. The van der Waals surface area contributed by atoms with Crippen LogP contribution in [-0.4, -0.2) is 98.5 Å². The van der Waals surface area contributed by atoms with Crippen LogP contribution in [0.4, 0.5) is 0 Å². The van der Waals surface area contributed by atoms with Crippen LogP contribution in [0, 0.1) is 0 Å². The predicted octanol–water partition coefficient (Wildman–Crippen LogP) is 1.40. The summed E-state index contributed by atoms with van der Waals surface area (Å²) in [4.78, 5) is 36.7. The molecule has 0 unspecified atom stereocenters. The summed E-state index contributed by atoms with van der Waals surface area (Å²) in [7, 11) is 2.69. The van der Waals surface area contributed by atoms with Crippen molar-refractivity contribution in [2.45, 2.75) is 13.1 Å². The summed E-state index contributed by atoms with van der Waals surface area (Å²) in [5.41, 5.74) is 2.19. The Balaban J connectivity index is 1.51. The third-order valence-electron chi connectivity index (χ3n) is 5.38. The molecule has 34 heavy (non-hydrogen) atoms. The highest BCUT2D eigenvalue weighted by Crippen LogP contribution is 2.08. The Labute approximate surface area is 199 Å². The summed E-state index contributed by atoms with van der Waals surface area (Å²) in [6.07, 6.45) is 0. The molecule has 0 amide bonds. The van der Waals surface area contributed by atoms with Crippen molar-refractivity contribution in [3.05, 3.63) is 59.2 Å². The van der Waals surface area contributed by atoms with Crippen LogP contribution in [0.1, 0.15) is 32.4 Å². The molecule has 0 atom stereocenters. The fourth-order valence-corrected chi connectivity index (χ4v) is 3.55. The molecule has 0 spiro atoms. The van der Waals surface area contributed by atoms with E-state index in [1.165, 1.54) is 14.2 Å². The summed E-state index contributed by atoms with van der Waals surface area (Å²) in [5, 5.41) is 0. The van der Waals surface area contributed by atoms with E-state index in [4.69, 9.17) is 18.9 Å². The standard InChI is InChI=1S/C24H32N4O6/c1-31-23(29)21-7-3-5-19(25-21)17-27-9-13-33-15-11-28(12-16-34-14-10-27)18-20-6-4-8-22(26-20)24(30)32-2/h3-8H,9-18H2,1-2H3. The summed E-state index contributed by atoms with van der Waals surface area (Å²) < 4.78 is 21.3. The second kappa shape index (κ2) is 13.7. The average Bonchev–Trinajstić information content (AvgIpc) is 2.86. The SMILES string of the molecule is COC(=O)c1cccc(CN2CCOCCN(Cc3cccc(C(=O)OC)n3)CCOCC2)n1. The van der Waals surface area contributed by atoms with E-state index in [0.29, 0.717) is 50.9 Å². The van der Waals surface area contributed by atoms with E-state index in [1.807, 2.05) is 24.3 Å². The van der Waals surface area contributed by atoms with E-state index in [9.17, 15) is 9.59 Å². The molecule has 3 heterocycles. The molecule has 0 aromatic carbocycles. The fraction of sp³-hybridized carbons (Fsp3) is 0.500. The van der Waals surface area contributed by atoms with Gasteiger partial charge in [0.1, 0.15) is 11.4 Å². The largest absolute Gasteiger partial charge is 0.464 e. The number of aromatic nitrogens is 2. The Kier molecular flexibility index (Phi) is 10.4. The van der Waals surface area contributed by atoms with E-state index >= 15 is 0 Å². The van der Waals surface area contributed by atoms with Gasteiger partial charge in [-0.3, -0.25) is 9.80 Å². The van der Waals surface area contributed by atoms with Gasteiger partial charge in [-0.25, -0.2) is 19.6 Å². The van der Waals surface area contributed by atoms with Gasteiger partial charge in [0.15, 0.2) is 0 Å². The van der Waals surface area contributed by atoms with Crippen molar-refractivity contribution >= 4 is 11.9 Å². The van der Waals surface area contributed by atoms with Crippen molar-refractivity contribution in [1.29, 1.82) is 0 Å². The van der Waals surface area contributed by atoms with E-state index < -0.39 is 11.9 Å². The zero-order valence-electron chi connectivity index (χ0n) is 19.8. The molecule has 10 heteroatoms. The van der Waals surface area contributed by atoms with Gasteiger partial charge >= 0.3 is 11.9 Å². The molecule has 1 saturated heterocycles. The van der Waals surface area contributed by atoms with Crippen LogP contribution in [0.5, 0.6) is 0 Å². The van der Waals surface area contributed by atoms with Crippen LogP contribution >= 0.6 is 0 Å². The van der Waals surface area contributed by atoms with Crippen molar-refractivity contribution in [2.75, 3.05) is 66.8 Å². The molecule has 1 aliphatic rings. The maximum atomic E-state index is 11.7. The second-order valence-electron chi connectivity index (χ2n) is 7.79.